The number of aromatic carboxylic acids is 1. The molecule has 0 spiro atoms. The Hall–Kier alpha value is -1.33. The monoisotopic (exact) mass is 300 g/mol. The summed E-state index contributed by atoms with van der Waals surface area (Å²) in [5.41, 5.74) is -0.186. The van der Waals surface area contributed by atoms with Crippen LogP contribution in [0.5, 0.6) is 5.88 Å². The Kier molecular flexibility index (Phi) is 6.23. The highest BCUT2D eigenvalue weighted by molar-refractivity contribution is 6.33. The highest BCUT2D eigenvalue weighted by atomic mass is 35.5. The second-order valence-corrected chi connectivity index (χ2v) is 5.47. The van der Waals surface area contributed by atoms with Gasteiger partial charge in [0.2, 0.25) is 5.88 Å². The number of carboxylic acids is 1. The third kappa shape index (κ3) is 4.65. The van der Waals surface area contributed by atoms with E-state index in [1.165, 1.54) is 6.07 Å². The Morgan fingerprint density at radius 3 is 2.45 bits per heavy atom. The molecule has 0 unspecified atom stereocenters. The fourth-order valence-electron chi connectivity index (χ4n) is 2.02. The van der Waals surface area contributed by atoms with Gasteiger partial charge in [-0.3, -0.25) is 4.90 Å². The molecule has 0 amide bonds. The van der Waals surface area contributed by atoms with Crippen LogP contribution < -0.4 is 4.74 Å². The highest BCUT2D eigenvalue weighted by Crippen LogP contribution is 2.18. The Labute approximate surface area is 124 Å². The topological polar surface area (TPSA) is 62.7 Å². The Morgan fingerprint density at radius 1 is 1.35 bits per heavy atom. The average Bonchev–Trinajstić information content (AvgIpc) is 2.35. The molecule has 0 fully saturated rings. The Morgan fingerprint density at radius 2 is 1.95 bits per heavy atom. The molecule has 0 aromatic carbocycles. The largest absolute Gasteiger partial charge is 0.476 e. The highest BCUT2D eigenvalue weighted by Gasteiger charge is 2.14. The molecule has 20 heavy (non-hydrogen) atoms. The van der Waals surface area contributed by atoms with E-state index in [0.717, 1.165) is 6.54 Å². The maximum Gasteiger partial charge on any atom is 0.356 e. The molecule has 6 heteroatoms. The van der Waals surface area contributed by atoms with E-state index in [9.17, 15) is 4.79 Å². The van der Waals surface area contributed by atoms with Gasteiger partial charge in [-0.05, 0) is 33.8 Å². The summed E-state index contributed by atoms with van der Waals surface area (Å²) in [6, 6.07) is 3.90. The molecule has 1 rings (SSSR count). The lowest BCUT2D eigenvalue weighted by Gasteiger charge is -2.30. The zero-order valence-corrected chi connectivity index (χ0v) is 13.0. The molecule has 0 radical (unpaired) electrons. The number of rotatable bonds is 7. The van der Waals surface area contributed by atoms with Crippen LogP contribution in [0.4, 0.5) is 0 Å². The maximum absolute atomic E-state index is 10.9. The van der Waals surface area contributed by atoms with Crippen molar-refractivity contribution in [2.75, 3.05) is 13.2 Å². The Bertz CT molecular complexity index is 456. The molecule has 1 N–H and O–H groups in total. The summed E-state index contributed by atoms with van der Waals surface area (Å²) >= 11 is 5.75. The molecule has 0 aliphatic heterocycles. The van der Waals surface area contributed by atoms with E-state index >= 15 is 0 Å². The van der Waals surface area contributed by atoms with E-state index in [0.29, 0.717) is 18.7 Å². The number of ether oxygens (including phenoxy) is 1. The van der Waals surface area contributed by atoms with Crippen LogP contribution in [-0.2, 0) is 0 Å². The number of halogens is 1. The van der Waals surface area contributed by atoms with Gasteiger partial charge in [0.1, 0.15) is 6.61 Å². The number of hydrogen-bond acceptors (Lipinski definition) is 4. The van der Waals surface area contributed by atoms with Crippen molar-refractivity contribution in [3.8, 4) is 5.88 Å². The van der Waals surface area contributed by atoms with Gasteiger partial charge in [-0.15, -0.1) is 0 Å². The third-order valence-corrected chi connectivity index (χ3v) is 3.25. The number of carbonyl (C=O) groups is 1. The minimum Gasteiger partial charge on any atom is -0.476 e. The van der Waals surface area contributed by atoms with Gasteiger partial charge in [0.25, 0.3) is 0 Å². The summed E-state index contributed by atoms with van der Waals surface area (Å²) in [7, 11) is 0. The summed E-state index contributed by atoms with van der Waals surface area (Å²) in [6.45, 7) is 9.71. The first kappa shape index (κ1) is 16.7. The van der Waals surface area contributed by atoms with Crippen LogP contribution in [0.25, 0.3) is 0 Å². The molecule has 5 nitrogen and oxygen atoms in total. The molecule has 0 saturated heterocycles. The van der Waals surface area contributed by atoms with E-state index in [1.54, 1.807) is 6.07 Å². The van der Waals surface area contributed by atoms with Crippen LogP contribution in [0.2, 0.25) is 5.02 Å². The van der Waals surface area contributed by atoms with Crippen molar-refractivity contribution in [1.29, 1.82) is 0 Å². The van der Waals surface area contributed by atoms with Crippen LogP contribution in [0.3, 0.4) is 0 Å². The number of aromatic nitrogens is 1. The minimum atomic E-state index is -1.16. The Balaban J connectivity index is 2.62. The van der Waals surface area contributed by atoms with E-state index in [4.69, 9.17) is 21.4 Å². The van der Waals surface area contributed by atoms with Gasteiger partial charge in [0.15, 0.2) is 5.69 Å². The lowest BCUT2D eigenvalue weighted by Crippen LogP contribution is -2.39. The normalized spacial score (nSPS) is 11.4. The van der Waals surface area contributed by atoms with Crippen molar-refractivity contribution < 1.29 is 14.6 Å². The number of carboxylic acid groups (broad SMARTS) is 1. The molecule has 1 aromatic rings. The summed E-state index contributed by atoms with van der Waals surface area (Å²) < 4.78 is 5.51. The van der Waals surface area contributed by atoms with Gasteiger partial charge in [-0.1, -0.05) is 11.6 Å². The van der Waals surface area contributed by atoms with Crippen molar-refractivity contribution in [2.45, 2.75) is 39.8 Å². The first-order chi connectivity index (χ1) is 9.32. The van der Waals surface area contributed by atoms with Crippen molar-refractivity contribution in [3.05, 3.63) is 22.8 Å². The smallest absolute Gasteiger partial charge is 0.356 e. The molecule has 0 saturated carbocycles. The summed E-state index contributed by atoms with van der Waals surface area (Å²) in [5, 5.41) is 9.05. The predicted octanol–water partition coefficient (Wildman–Crippen LogP) is 2.93. The number of hydrogen-bond donors (Lipinski definition) is 1. The van der Waals surface area contributed by atoms with E-state index in [2.05, 4.69) is 37.6 Å². The minimum absolute atomic E-state index is 0.107. The van der Waals surface area contributed by atoms with Crippen LogP contribution in [0.1, 0.15) is 38.2 Å². The summed E-state index contributed by atoms with van der Waals surface area (Å²) in [5.74, 6) is -0.884. The molecule has 0 aliphatic rings. The second kappa shape index (κ2) is 7.45. The van der Waals surface area contributed by atoms with Crippen LogP contribution >= 0.6 is 11.6 Å². The van der Waals surface area contributed by atoms with Gasteiger partial charge in [0, 0.05) is 24.7 Å². The van der Waals surface area contributed by atoms with Crippen molar-refractivity contribution in [2.24, 2.45) is 0 Å². The lowest BCUT2D eigenvalue weighted by atomic mass is 10.2. The zero-order chi connectivity index (χ0) is 15.3. The van der Waals surface area contributed by atoms with Gasteiger partial charge >= 0.3 is 5.97 Å². The molecule has 1 heterocycles. The van der Waals surface area contributed by atoms with Crippen molar-refractivity contribution in [1.82, 2.24) is 9.88 Å². The number of nitrogens with zero attached hydrogens (tertiary/aromatic N) is 2. The van der Waals surface area contributed by atoms with E-state index in [1.807, 2.05) is 0 Å². The fourth-order valence-corrected chi connectivity index (χ4v) is 2.21. The SMILES string of the molecule is CC(C)N(CCOc1ccc(Cl)c(C(=O)O)n1)C(C)C. The standard InChI is InChI=1S/C14H21ClN2O3/c1-9(2)17(10(3)4)7-8-20-12-6-5-11(15)13(16-12)14(18)19/h5-6,9-10H,7-8H2,1-4H3,(H,18,19). The second-order valence-electron chi connectivity index (χ2n) is 5.06. The quantitative estimate of drug-likeness (QED) is 0.839. The zero-order valence-electron chi connectivity index (χ0n) is 12.3. The van der Waals surface area contributed by atoms with Gasteiger partial charge in [0.05, 0.1) is 5.02 Å². The van der Waals surface area contributed by atoms with E-state index < -0.39 is 5.97 Å². The molecule has 112 valence electrons. The number of pyridine rings is 1. The van der Waals surface area contributed by atoms with Crippen molar-refractivity contribution in [3.63, 3.8) is 0 Å². The molecule has 0 atom stereocenters. The van der Waals surface area contributed by atoms with E-state index in [-0.39, 0.29) is 16.6 Å². The van der Waals surface area contributed by atoms with Gasteiger partial charge in [-0.2, -0.15) is 0 Å². The summed E-state index contributed by atoms with van der Waals surface area (Å²) in [4.78, 5) is 17.1. The molecule has 0 bridgehead atoms. The van der Waals surface area contributed by atoms with Crippen molar-refractivity contribution >= 4 is 17.6 Å². The molecule has 1 aromatic heterocycles. The third-order valence-electron chi connectivity index (χ3n) is 2.95. The van der Waals surface area contributed by atoms with Crippen LogP contribution in [-0.4, -0.2) is 46.2 Å². The molecular weight excluding hydrogens is 280 g/mol. The summed E-state index contributed by atoms with van der Waals surface area (Å²) in [6.07, 6.45) is 0. The predicted molar refractivity (Wildman–Crippen MR) is 78.7 cm³/mol. The fraction of sp³-hybridized carbons (Fsp3) is 0.571. The first-order valence-corrected chi connectivity index (χ1v) is 6.99. The van der Waals surface area contributed by atoms with Gasteiger partial charge in [-0.25, -0.2) is 9.78 Å². The lowest BCUT2D eigenvalue weighted by molar-refractivity contribution is 0.0689. The van der Waals surface area contributed by atoms with Crippen LogP contribution in [0.15, 0.2) is 12.1 Å². The average molecular weight is 301 g/mol. The molecular formula is C14H21ClN2O3. The maximum atomic E-state index is 10.9. The first-order valence-electron chi connectivity index (χ1n) is 6.61. The molecule has 0 aliphatic carbocycles. The van der Waals surface area contributed by atoms with Gasteiger partial charge < -0.3 is 9.84 Å². The van der Waals surface area contributed by atoms with Crippen LogP contribution in [0, 0.1) is 0 Å².